The molecule has 27 heavy (non-hydrogen) atoms. The predicted molar refractivity (Wildman–Crippen MR) is 111 cm³/mol. The van der Waals surface area contributed by atoms with E-state index in [4.69, 9.17) is 0 Å². The van der Waals surface area contributed by atoms with Crippen LogP contribution in [0.1, 0.15) is 24.0 Å². The summed E-state index contributed by atoms with van der Waals surface area (Å²) in [6.07, 6.45) is 4.70. The average Bonchev–Trinajstić information content (AvgIpc) is 3.13. The molecule has 2 saturated heterocycles. The second-order valence-corrected chi connectivity index (χ2v) is 8.48. The molecule has 0 spiro atoms. The summed E-state index contributed by atoms with van der Waals surface area (Å²) in [5.41, 5.74) is 5.02. The Labute approximate surface area is 163 Å². The van der Waals surface area contributed by atoms with Gasteiger partial charge < -0.3 is 9.80 Å². The van der Waals surface area contributed by atoms with Crippen LogP contribution in [0.25, 0.3) is 11.3 Å². The Morgan fingerprint density at radius 3 is 2.59 bits per heavy atom. The number of benzene rings is 1. The highest BCUT2D eigenvalue weighted by Gasteiger charge is 2.24. The standard InChI is InChI=1S/C22H33N5/c1-18-5-7-20(8-6-18)22-21(14-23-24-22)17-27-9-3-4-19(16-27)15-26-12-10-25(2)11-13-26/h5-8,14,19H,3-4,9-13,15-17H2,1-2H3,(H,23,24)/t19-/m0/s1. The zero-order chi connectivity index (χ0) is 18.6. The smallest absolute Gasteiger partial charge is 0.0695 e. The van der Waals surface area contributed by atoms with Gasteiger partial charge in [0.15, 0.2) is 0 Å². The zero-order valence-electron chi connectivity index (χ0n) is 16.8. The van der Waals surface area contributed by atoms with Crippen LogP contribution >= 0.6 is 0 Å². The Kier molecular flexibility index (Phi) is 5.91. The van der Waals surface area contributed by atoms with Gasteiger partial charge in [-0.15, -0.1) is 0 Å². The number of H-pyrrole nitrogens is 1. The Hall–Kier alpha value is -1.69. The Morgan fingerprint density at radius 2 is 1.81 bits per heavy atom. The third kappa shape index (κ3) is 4.78. The maximum atomic E-state index is 4.34. The number of hydrogen-bond acceptors (Lipinski definition) is 4. The fourth-order valence-corrected chi connectivity index (χ4v) is 4.48. The van der Waals surface area contributed by atoms with Crippen LogP contribution in [0.4, 0.5) is 0 Å². The summed E-state index contributed by atoms with van der Waals surface area (Å²) >= 11 is 0. The summed E-state index contributed by atoms with van der Waals surface area (Å²) in [4.78, 5) is 7.74. The molecule has 2 fully saturated rings. The van der Waals surface area contributed by atoms with E-state index in [0.29, 0.717) is 0 Å². The molecule has 0 radical (unpaired) electrons. The molecule has 0 amide bonds. The highest BCUT2D eigenvalue weighted by molar-refractivity contribution is 5.62. The zero-order valence-corrected chi connectivity index (χ0v) is 16.8. The molecule has 1 N–H and O–H groups in total. The van der Waals surface area contributed by atoms with Gasteiger partial charge in [-0.2, -0.15) is 5.10 Å². The molecule has 0 unspecified atom stereocenters. The lowest BCUT2D eigenvalue weighted by Crippen LogP contribution is -2.48. The van der Waals surface area contributed by atoms with E-state index in [1.165, 1.54) is 81.0 Å². The summed E-state index contributed by atoms with van der Waals surface area (Å²) in [5.74, 6) is 0.803. The van der Waals surface area contributed by atoms with Crippen molar-refractivity contribution in [3.63, 3.8) is 0 Å². The summed E-state index contributed by atoms with van der Waals surface area (Å²) in [7, 11) is 2.23. The minimum Gasteiger partial charge on any atom is -0.304 e. The van der Waals surface area contributed by atoms with Gasteiger partial charge in [-0.1, -0.05) is 29.8 Å². The Balaban J connectivity index is 1.36. The van der Waals surface area contributed by atoms with Gasteiger partial charge in [0.25, 0.3) is 0 Å². The minimum atomic E-state index is 0.803. The van der Waals surface area contributed by atoms with Crippen LogP contribution in [0.5, 0.6) is 0 Å². The topological polar surface area (TPSA) is 38.4 Å². The molecule has 0 bridgehead atoms. The van der Waals surface area contributed by atoms with Crippen LogP contribution in [0, 0.1) is 12.8 Å². The van der Waals surface area contributed by atoms with Gasteiger partial charge in [0.2, 0.25) is 0 Å². The highest BCUT2D eigenvalue weighted by atomic mass is 15.2. The van der Waals surface area contributed by atoms with Crippen molar-refractivity contribution >= 4 is 0 Å². The van der Waals surface area contributed by atoms with Crippen LogP contribution < -0.4 is 0 Å². The molecular formula is C22H33N5. The van der Waals surface area contributed by atoms with E-state index < -0.39 is 0 Å². The summed E-state index contributed by atoms with van der Waals surface area (Å²) in [6, 6.07) is 8.73. The van der Waals surface area contributed by atoms with Gasteiger partial charge in [0.1, 0.15) is 0 Å². The number of nitrogens with zero attached hydrogens (tertiary/aromatic N) is 4. The lowest BCUT2D eigenvalue weighted by atomic mass is 9.96. The molecule has 4 rings (SSSR count). The molecule has 2 aliphatic heterocycles. The van der Waals surface area contributed by atoms with Crippen molar-refractivity contribution < 1.29 is 0 Å². The second kappa shape index (κ2) is 8.55. The first-order valence-corrected chi connectivity index (χ1v) is 10.4. The van der Waals surface area contributed by atoms with Gasteiger partial charge in [-0.05, 0) is 44.8 Å². The first kappa shape index (κ1) is 18.7. The van der Waals surface area contributed by atoms with E-state index in [9.17, 15) is 0 Å². The van der Waals surface area contributed by atoms with E-state index in [1.807, 2.05) is 6.20 Å². The number of piperidine rings is 1. The quantitative estimate of drug-likeness (QED) is 0.882. The number of hydrogen-bond donors (Lipinski definition) is 1. The summed E-state index contributed by atoms with van der Waals surface area (Å²) in [5, 5.41) is 7.56. The molecule has 146 valence electrons. The van der Waals surface area contributed by atoms with Crippen molar-refractivity contribution in [2.45, 2.75) is 26.3 Å². The minimum absolute atomic E-state index is 0.803. The Bertz CT molecular complexity index is 715. The van der Waals surface area contributed by atoms with E-state index in [1.54, 1.807) is 0 Å². The second-order valence-electron chi connectivity index (χ2n) is 8.48. The van der Waals surface area contributed by atoms with Gasteiger partial charge in [0, 0.05) is 51.4 Å². The fraction of sp³-hybridized carbons (Fsp3) is 0.591. The van der Waals surface area contributed by atoms with E-state index >= 15 is 0 Å². The molecule has 0 aliphatic carbocycles. The molecule has 5 nitrogen and oxygen atoms in total. The van der Waals surface area contributed by atoms with Gasteiger partial charge in [-0.3, -0.25) is 10.00 Å². The number of aryl methyl sites for hydroxylation is 1. The average molecular weight is 368 g/mol. The highest BCUT2D eigenvalue weighted by Crippen LogP contribution is 2.25. The molecule has 1 atom stereocenters. The van der Waals surface area contributed by atoms with Crippen molar-refractivity contribution in [2.75, 3.05) is 52.9 Å². The van der Waals surface area contributed by atoms with Gasteiger partial charge >= 0.3 is 0 Å². The molecule has 2 aliphatic rings. The van der Waals surface area contributed by atoms with Crippen LogP contribution in [0.2, 0.25) is 0 Å². The van der Waals surface area contributed by atoms with E-state index in [0.717, 1.165) is 12.5 Å². The maximum Gasteiger partial charge on any atom is 0.0695 e. The number of aromatic nitrogens is 2. The van der Waals surface area contributed by atoms with E-state index in [-0.39, 0.29) is 0 Å². The Morgan fingerprint density at radius 1 is 1.04 bits per heavy atom. The molecular weight excluding hydrogens is 334 g/mol. The summed E-state index contributed by atoms with van der Waals surface area (Å²) in [6.45, 7) is 11.7. The van der Waals surface area contributed by atoms with Crippen LogP contribution in [-0.2, 0) is 6.54 Å². The van der Waals surface area contributed by atoms with Crippen molar-refractivity contribution in [1.29, 1.82) is 0 Å². The summed E-state index contributed by atoms with van der Waals surface area (Å²) < 4.78 is 0. The number of likely N-dealkylation sites (N-methyl/N-ethyl adjacent to an activating group) is 1. The monoisotopic (exact) mass is 367 g/mol. The van der Waals surface area contributed by atoms with Crippen molar-refractivity contribution in [1.82, 2.24) is 24.9 Å². The third-order valence-corrected chi connectivity index (χ3v) is 6.17. The number of rotatable bonds is 5. The van der Waals surface area contributed by atoms with Gasteiger partial charge in [-0.25, -0.2) is 0 Å². The molecule has 1 aromatic heterocycles. The third-order valence-electron chi connectivity index (χ3n) is 6.17. The van der Waals surface area contributed by atoms with E-state index in [2.05, 4.69) is 63.1 Å². The molecule has 5 heteroatoms. The number of piperazine rings is 1. The van der Waals surface area contributed by atoms with Crippen LogP contribution in [-0.4, -0.2) is 77.8 Å². The fourth-order valence-electron chi connectivity index (χ4n) is 4.48. The van der Waals surface area contributed by atoms with Crippen molar-refractivity contribution in [3.8, 4) is 11.3 Å². The van der Waals surface area contributed by atoms with Crippen molar-refractivity contribution in [3.05, 3.63) is 41.6 Å². The molecule has 1 aromatic carbocycles. The lowest BCUT2D eigenvalue weighted by Gasteiger charge is -2.38. The maximum absolute atomic E-state index is 4.34. The van der Waals surface area contributed by atoms with Crippen LogP contribution in [0.3, 0.4) is 0 Å². The first-order chi connectivity index (χ1) is 13.2. The lowest BCUT2D eigenvalue weighted by molar-refractivity contribution is 0.0967. The molecule has 2 aromatic rings. The predicted octanol–water partition coefficient (Wildman–Crippen LogP) is 2.84. The van der Waals surface area contributed by atoms with Crippen molar-refractivity contribution in [2.24, 2.45) is 5.92 Å². The van der Waals surface area contributed by atoms with Gasteiger partial charge in [0.05, 0.1) is 11.9 Å². The number of likely N-dealkylation sites (tertiary alicyclic amines) is 1. The normalized spacial score (nSPS) is 23.0. The molecule has 0 saturated carbocycles. The SMILES string of the molecule is Cc1ccc(-c2[nH]ncc2CN2CCC[C@@H](CN3CCN(C)CC3)C2)cc1. The first-order valence-electron chi connectivity index (χ1n) is 10.4. The van der Waals surface area contributed by atoms with Crippen LogP contribution in [0.15, 0.2) is 30.5 Å². The number of aromatic amines is 1. The number of nitrogens with one attached hydrogen (secondary N) is 1. The largest absolute Gasteiger partial charge is 0.304 e. The molecule has 3 heterocycles.